The van der Waals surface area contributed by atoms with Gasteiger partial charge in [0.2, 0.25) is 0 Å². The highest BCUT2D eigenvalue weighted by atomic mass is 35.5. The van der Waals surface area contributed by atoms with Crippen molar-refractivity contribution in [2.45, 2.75) is 13.5 Å². The average Bonchev–Trinajstić information content (AvgIpc) is 2.64. The first-order valence-corrected chi connectivity index (χ1v) is 6.28. The van der Waals surface area contributed by atoms with Crippen molar-refractivity contribution < 1.29 is 4.79 Å². The normalized spacial score (nSPS) is 10.7. The van der Waals surface area contributed by atoms with Gasteiger partial charge in [0.1, 0.15) is 6.54 Å². The fourth-order valence-corrected chi connectivity index (χ4v) is 1.92. The lowest BCUT2D eigenvalue weighted by Crippen LogP contribution is -2.12. The van der Waals surface area contributed by atoms with Gasteiger partial charge in [0.15, 0.2) is 5.78 Å². The third kappa shape index (κ3) is 2.69. The highest BCUT2D eigenvalue weighted by Crippen LogP contribution is 2.23. The summed E-state index contributed by atoms with van der Waals surface area (Å²) in [6.45, 7) is 1.92. The van der Waals surface area contributed by atoms with E-state index >= 15 is 0 Å². The van der Waals surface area contributed by atoms with Gasteiger partial charge >= 0.3 is 0 Å². The van der Waals surface area contributed by atoms with E-state index in [1.165, 1.54) is 6.20 Å². The van der Waals surface area contributed by atoms with Gasteiger partial charge < -0.3 is 0 Å². The number of benzene rings is 1. The van der Waals surface area contributed by atoms with Crippen molar-refractivity contribution in [1.82, 2.24) is 9.78 Å². The molecular formula is C12H9Cl3N2O. The zero-order valence-electron chi connectivity index (χ0n) is 9.45. The number of aromatic nitrogens is 2. The van der Waals surface area contributed by atoms with E-state index in [0.717, 1.165) is 5.69 Å². The van der Waals surface area contributed by atoms with Gasteiger partial charge in [-0.1, -0.05) is 34.8 Å². The molecule has 0 atom stereocenters. The highest BCUT2D eigenvalue weighted by Gasteiger charge is 2.12. The molecule has 0 saturated carbocycles. The predicted octanol–water partition coefficient (Wildman–Crippen LogP) is 4.03. The largest absolute Gasteiger partial charge is 0.292 e. The van der Waals surface area contributed by atoms with E-state index in [-0.39, 0.29) is 12.3 Å². The van der Waals surface area contributed by atoms with E-state index in [1.807, 2.05) is 0 Å². The molecular weight excluding hydrogens is 295 g/mol. The van der Waals surface area contributed by atoms with Gasteiger partial charge in [0, 0.05) is 5.56 Å². The van der Waals surface area contributed by atoms with E-state index < -0.39 is 0 Å². The van der Waals surface area contributed by atoms with Crippen LogP contribution < -0.4 is 0 Å². The molecule has 0 aliphatic carbocycles. The molecule has 1 aromatic carbocycles. The Morgan fingerprint density at radius 2 is 1.94 bits per heavy atom. The Balaban J connectivity index is 2.22. The number of carbonyl (C=O) groups excluding carboxylic acids is 1. The minimum atomic E-state index is -0.101. The van der Waals surface area contributed by atoms with E-state index in [9.17, 15) is 4.79 Å². The van der Waals surface area contributed by atoms with Gasteiger partial charge in [-0.15, -0.1) is 0 Å². The Hall–Kier alpha value is -1.03. The van der Waals surface area contributed by atoms with Crippen molar-refractivity contribution in [3.63, 3.8) is 0 Å². The van der Waals surface area contributed by atoms with Crippen molar-refractivity contribution in [2.24, 2.45) is 0 Å². The second-order valence-electron chi connectivity index (χ2n) is 3.79. The molecule has 0 aliphatic rings. The molecule has 0 fully saturated rings. The number of hydrogen-bond donors (Lipinski definition) is 0. The Morgan fingerprint density at radius 3 is 2.50 bits per heavy atom. The maximum absolute atomic E-state index is 12.0. The molecule has 1 aromatic heterocycles. The Bertz CT molecular complexity index is 607. The van der Waals surface area contributed by atoms with Crippen LogP contribution in [-0.4, -0.2) is 15.6 Å². The lowest BCUT2D eigenvalue weighted by Gasteiger charge is -2.05. The maximum atomic E-state index is 12.0. The number of ketones is 1. The van der Waals surface area contributed by atoms with Gasteiger partial charge in [-0.3, -0.25) is 9.48 Å². The number of nitrogens with zero attached hydrogens (tertiary/aromatic N) is 2. The van der Waals surface area contributed by atoms with E-state index in [4.69, 9.17) is 34.8 Å². The molecule has 0 amide bonds. The first-order chi connectivity index (χ1) is 8.49. The zero-order chi connectivity index (χ0) is 13.3. The minimum absolute atomic E-state index is 0.101. The van der Waals surface area contributed by atoms with Gasteiger partial charge in [-0.2, -0.15) is 5.10 Å². The van der Waals surface area contributed by atoms with Gasteiger partial charge in [-0.05, 0) is 25.1 Å². The zero-order valence-corrected chi connectivity index (χ0v) is 11.7. The predicted molar refractivity (Wildman–Crippen MR) is 72.8 cm³/mol. The summed E-state index contributed by atoms with van der Waals surface area (Å²) < 4.78 is 1.55. The molecule has 2 aromatic rings. The number of halogens is 3. The molecule has 1 heterocycles. The SMILES string of the molecule is Cc1c(Cl)cnn1CC(=O)c1ccc(Cl)c(Cl)c1. The molecule has 18 heavy (non-hydrogen) atoms. The molecule has 94 valence electrons. The molecule has 0 unspecified atom stereocenters. The summed E-state index contributed by atoms with van der Waals surface area (Å²) in [4.78, 5) is 12.0. The molecule has 2 rings (SSSR count). The Morgan fingerprint density at radius 1 is 1.22 bits per heavy atom. The van der Waals surface area contributed by atoms with Gasteiger partial charge in [-0.25, -0.2) is 0 Å². The van der Waals surface area contributed by atoms with Crippen LogP contribution in [0.5, 0.6) is 0 Å². The van der Waals surface area contributed by atoms with Crippen LogP contribution in [-0.2, 0) is 6.54 Å². The molecule has 0 spiro atoms. The van der Waals surface area contributed by atoms with Crippen molar-refractivity contribution >= 4 is 40.6 Å². The highest BCUT2D eigenvalue weighted by molar-refractivity contribution is 6.42. The first kappa shape index (κ1) is 13.4. The topological polar surface area (TPSA) is 34.9 Å². The van der Waals surface area contributed by atoms with E-state index in [1.54, 1.807) is 29.8 Å². The van der Waals surface area contributed by atoms with Crippen molar-refractivity contribution in [2.75, 3.05) is 0 Å². The molecule has 0 aliphatic heterocycles. The van der Waals surface area contributed by atoms with Crippen molar-refractivity contribution in [3.05, 3.63) is 50.7 Å². The lowest BCUT2D eigenvalue weighted by atomic mass is 10.1. The second kappa shape index (κ2) is 5.31. The van der Waals surface area contributed by atoms with Crippen LogP contribution in [0.25, 0.3) is 0 Å². The fourth-order valence-electron chi connectivity index (χ4n) is 1.48. The standard InChI is InChI=1S/C12H9Cl3N2O/c1-7-11(15)5-16-17(7)6-12(18)8-2-3-9(13)10(14)4-8/h2-5H,6H2,1H3. The summed E-state index contributed by atoms with van der Waals surface area (Å²) >= 11 is 17.5. The third-order valence-corrected chi connectivity index (χ3v) is 3.69. The Kier molecular flexibility index (Phi) is 3.95. The van der Waals surface area contributed by atoms with Crippen LogP contribution in [0.3, 0.4) is 0 Å². The monoisotopic (exact) mass is 302 g/mol. The number of hydrogen-bond acceptors (Lipinski definition) is 2. The summed E-state index contributed by atoms with van der Waals surface area (Å²) in [7, 11) is 0. The van der Waals surface area contributed by atoms with E-state index in [0.29, 0.717) is 20.6 Å². The van der Waals surface area contributed by atoms with Crippen molar-refractivity contribution in [3.8, 4) is 0 Å². The molecule has 6 heteroatoms. The minimum Gasteiger partial charge on any atom is -0.292 e. The van der Waals surface area contributed by atoms with Crippen LogP contribution in [0, 0.1) is 6.92 Å². The first-order valence-electron chi connectivity index (χ1n) is 5.15. The lowest BCUT2D eigenvalue weighted by molar-refractivity contribution is 0.0967. The van der Waals surface area contributed by atoms with Gasteiger partial charge in [0.25, 0.3) is 0 Å². The fraction of sp³-hybridized carbons (Fsp3) is 0.167. The van der Waals surface area contributed by atoms with Crippen LogP contribution >= 0.6 is 34.8 Å². The summed E-state index contributed by atoms with van der Waals surface area (Å²) in [5.41, 5.74) is 1.25. The van der Waals surface area contributed by atoms with Gasteiger partial charge in [0.05, 0.1) is 27.0 Å². The average molecular weight is 304 g/mol. The van der Waals surface area contributed by atoms with Crippen LogP contribution in [0.1, 0.15) is 16.1 Å². The summed E-state index contributed by atoms with van der Waals surface area (Å²) in [5, 5.41) is 5.35. The second-order valence-corrected chi connectivity index (χ2v) is 5.01. The number of carbonyl (C=O) groups is 1. The van der Waals surface area contributed by atoms with Crippen LogP contribution in [0.2, 0.25) is 15.1 Å². The quantitative estimate of drug-likeness (QED) is 0.802. The molecule has 0 bridgehead atoms. The third-order valence-electron chi connectivity index (χ3n) is 2.58. The number of rotatable bonds is 3. The maximum Gasteiger partial charge on any atom is 0.184 e. The van der Waals surface area contributed by atoms with Crippen LogP contribution in [0.15, 0.2) is 24.4 Å². The Labute approximate surface area is 119 Å². The van der Waals surface area contributed by atoms with Crippen LogP contribution in [0.4, 0.5) is 0 Å². The van der Waals surface area contributed by atoms with Crippen molar-refractivity contribution in [1.29, 1.82) is 0 Å². The molecule has 0 radical (unpaired) electrons. The molecule has 3 nitrogen and oxygen atoms in total. The number of Topliss-reactive ketones (excluding diaryl/α,β-unsaturated/α-hetero) is 1. The summed E-state index contributed by atoms with van der Waals surface area (Å²) in [6.07, 6.45) is 1.51. The summed E-state index contributed by atoms with van der Waals surface area (Å²) in [5.74, 6) is -0.101. The van der Waals surface area contributed by atoms with E-state index in [2.05, 4.69) is 5.10 Å². The molecule has 0 N–H and O–H groups in total. The summed E-state index contributed by atoms with van der Waals surface area (Å²) in [6, 6.07) is 4.78. The molecule has 0 saturated heterocycles. The smallest absolute Gasteiger partial charge is 0.184 e.